The summed E-state index contributed by atoms with van der Waals surface area (Å²) in [6, 6.07) is 0.446. The van der Waals surface area contributed by atoms with Crippen molar-refractivity contribution < 1.29 is 19.1 Å². The van der Waals surface area contributed by atoms with Crippen molar-refractivity contribution in [3.05, 3.63) is 0 Å². The number of fused-ring (bicyclic) bond motifs is 2. The van der Waals surface area contributed by atoms with Crippen LogP contribution in [0.1, 0.15) is 53.4 Å². The van der Waals surface area contributed by atoms with Crippen LogP contribution in [0.5, 0.6) is 0 Å². The van der Waals surface area contributed by atoms with E-state index in [1.807, 2.05) is 32.6 Å². The molecule has 3 atom stereocenters. The summed E-state index contributed by atoms with van der Waals surface area (Å²) >= 11 is 0. The highest BCUT2D eigenvalue weighted by molar-refractivity contribution is 5.69. The zero-order valence-electron chi connectivity index (χ0n) is 16.0. The molecule has 3 aliphatic heterocycles. The fraction of sp³-hybridized carbons (Fsp3) is 0.895. The summed E-state index contributed by atoms with van der Waals surface area (Å²) in [5.41, 5.74) is -0.187. The third-order valence-electron chi connectivity index (χ3n) is 5.76. The first-order valence-electron chi connectivity index (χ1n) is 9.55. The van der Waals surface area contributed by atoms with Crippen molar-refractivity contribution in [1.82, 2.24) is 9.80 Å². The van der Waals surface area contributed by atoms with E-state index in [1.54, 1.807) is 0 Å². The van der Waals surface area contributed by atoms with Crippen molar-refractivity contribution in [2.24, 2.45) is 5.41 Å². The zero-order chi connectivity index (χ0) is 18.2. The minimum Gasteiger partial charge on any atom is -0.444 e. The Morgan fingerprint density at radius 2 is 1.84 bits per heavy atom. The fourth-order valence-electron chi connectivity index (χ4n) is 4.84. The van der Waals surface area contributed by atoms with Gasteiger partial charge in [0.15, 0.2) is 0 Å². The molecular weight excluding hydrogens is 320 g/mol. The van der Waals surface area contributed by atoms with E-state index in [9.17, 15) is 9.59 Å². The largest absolute Gasteiger partial charge is 0.444 e. The van der Waals surface area contributed by atoms with Gasteiger partial charge in [0, 0.05) is 31.8 Å². The minimum absolute atomic E-state index is 0.132. The highest BCUT2D eigenvalue weighted by Crippen LogP contribution is 2.50. The first kappa shape index (κ1) is 18.6. The quantitative estimate of drug-likeness (QED) is 0.712. The Bertz CT molecular complexity index is 494. The average Bonchev–Trinajstić information content (AvgIpc) is 2.76. The lowest BCUT2D eigenvalue weighted by atomic mass is 9.68. The van der Waals surface area contributed by atoms with Crippen molar-refractivity contribution in [2.75, 3.05) is 26.3 Å². The third kappa shape index (κ3) is 3.85. The van der Waals surface area contributed by atoms with Gasteiger partial charge in [-0.1, -0.05) is 0 Å². The summed E-state index contributed by atoms with van der Waals surface area (Å²) in [6.07, 6.45) is 5.04. The number of carbonyl (C=O) groups is 2. The Balaban J connectivity index is 1.58. The van der Waals surface area contributed by atoms with E-state index in [4.69, 9.17) is 9.47 Å². The second-order valence-electron chi connectivity index (χ2n) is 8.95. The topological polar surface area (TPSA) is 59.1 Å². The van der Waals surface area contributed by atoms with Crippen LogP contribution in [0.2, 0.25) is 0 Å². The molecule has 0 aromatic rings. The smallest absolute Gasteiger partial charge is 0.410 e. The first-order chi connectivity index (χ1) is 11.8. The number of amides is 1. The molecule has 1 amide bonds. The molecule has 0 aliphatic carbocycles. The van der Waals surface area contributed by atoms with Crippen LogP contribution in [0.25, 0.3) is 0 Å². The Morgan fingerprint density at radius 1 is 1.24 bits per heavy atom. The summed E-state index contributed by atoms with van der Waals surface area (Å²) in [5.74, 6) is 0. The molecule has 142 valence electrons. The highest BCUT2D eigenvalue weighted by atomic mass is 16.6. The van der Waals surface area contributed by atoms with Crippen molar-refractivity contribution in [1.29, 1.82) is 0 Å². The number of nitrogens with zero attached hydrogens (tertiary/aromatic N) is 2. The summed E-state index contributed by atoms with van der Waals surface area (Å²) in [5, 5.41) is 0. The van der Waals surface area contributed by atoms with E-state index < -0.39 is 5.60 Å². The number of likely N-dealkylation sites (tertiary alicyclic amines) is 1. The molecule has 0 aromatic carbocycles. The zero-order valence-corrected chi connectivity index (χ0v) is 16.0. The Hall–Kier alpha value is -1.14. The number of piperidine rings is 1. The van der Waals surface area contributed by atoms with Gasteiger partial charge in [-0.3, -0.25) is 4.90 Å². The molecule has 0 radical (unpaired) electrons. The summed E-state index contributed by atoms with van der Waals surface area (Å²) in [7, 11) is 0. The maximum absolute atomic E-state index is 12.6. The van der Waals surface area contributed by atoms with Gasteiger partial charge in [0.2, 0.25) is 0 Å². The maximum Gasteiger partial charge on any atom is 0.410 e. The second kappa shape index (κ2) is 6.88. The molecule has 2 bridgehead atoms. The van der Waals surface area contributed by atoms with E-state index in [2.05, 4.69) is 4.90 Å². The summed E-state index contributed by atoms with van der Waals surface area (Å²) in [6.45, 7) is 10.7. The standard InChI is InChI=1S/C19H32N2O4/c1-5-24-11-16(10-22)20-12-19(13-20)8-14-6-7-15(9-19)21(14)17(23)25-18(2,3)4/h10,14-16H,5-9,11-13H2,1-4H3. The van der Waals surface area contributed by atoms with Gasteiger partial charge in [0.1, 0.15) is 11.9 Å². The van der Waals surface area contributed by atoms with Crippen LogP contribution < -0.4 is 0 Å². The summed E-state index contributed by atoms with van der Waals surface area (Å²) < 4.78 is 11.0. The molecule has 1 spiro atoms. The van der Waals surface area contributed by atoms with E-state index in [1.165, 1.54) is 0 Å². The van der Waals surface area contributed by atoms with Crippen LogP contribution >= 0.6 is 0 Å². The monoisotopic (exact) mass is 352 g/mol. The maximum atomic E-state index is 12.6. The van der Waals surface area contributed by atoms with E-state index in [-0.39, 0.29) is 29.6 Å². The van der Waals surface area contributed by atoms with E-state index in [0.29, 0.717) is 13.2 Å². The second-order valence-corrected chi connectivity index (χ2v) is 8.95. The van der Waals surface area contributed by atoms with Gasteiger partial charge in [0.05, 0.1) is 12.6 Å². The normalized spacial score (nSPS) is 29.4. The molecule has 0 N–H and O–H groups in total. The van der Waals surface area contributed by atoms with Crippen LogP contribution in [-0.2, 0) is 14.3 Å². The Labute approximate surface area is 150 Å². The van der Waals surface area contributed by atoms with Crippen LogP contribution in [0, 0.1) is 5.41 Å². The lowest BCUT2D eigenvalue weighted by Crippen LogP contribution is -2.66. The highest BCUT2D eigenvalue weighted by Gasteiger charge is 2.56. The molecule has 3 fully saturated rings. The summed E-state index contributed by atoms with van der Waals surface area (Å²) in [4.78, 5) is 28.1. The molecule has 6 nitrogen and oxygen atoms in total. The van der Waals surface area contributed by atoms with Gasteiger partial charge in [0.25, 0.3) is 0 Å². The first-order valence-corrected chi connectivity index (χ1v) is 9.55. The predicted molar refractivity (Wildman–Crippen MR) is 94.5 cm³/mol. The molecule has 3 saturated heterocycles. The van der Waals surface area contributed by atoms with Crippen LogP contribution in [-0.4, -0.2) is 72.2 Å². The van der Waals surface area contributed by atoms with Gasteiger partial charge < -0.3 is 19.2 Å². The molecule has 3 heterocycles. The van der Waals surface area contributed by atoms with Gasteiger partial charge >= 0.3 is 6.09 Å². The lowest BCUT2D eigenvalue weighted by Gasteiger charge is -2.57. The molecule has 6 heteroatoms. The lowest BCUT2D eigenvalue weighted by molar-refractivity contribution is -0.129. The molecule has 25 heavy (non-hydrogen) atoms. The number of aldehydes is 1. The van der Waals surface area contributed by atoms with Crippen LogP contribution in [0.15, 0.2) is 0 Å². The van der Waals surface area contributed by atoms with Crippen molar-refractivity contribution >= 4 is 12.4 Å². The fourth-order valence-corrected chi connectivity index (χ4v) is 4.84. The predicted octanol–water partition coefficient (Wildman–Crippen LogP) is 2.45. The van der Waals surface area contributed by atoms with Gasteiger partial charge in [-0.15, -0.1) is 0 Å². The third-order valence-corrected chi connectivity index (χ3v) is 5.76. The van der Waals surface area contributed by atoms with Crippen molar-refractivity contribution in [3.63, 3.8) is 0 Å². The van der Waals surface area contributed by atoms with Crippen molar-refractivity contribution in [2.45, 2.75) is 77.1 Å². The average molecular weight is 352 g/mol. The Morgan fingerprint density at radius 3 is 2.32 bits per heavy atom. The molecule has 3 unspecified atom stereocenters. The number of rotatable bonds is 5. The number of hydrogen-bond acceptors (Lipinski definition) is 5. The molecule has 3 rings (SSSR count). The number of ether oxygens (including phenoxy) is 2. The van der Waals surface area contributed by atoms with Gasteiger partial charge in [-0.25, -0.2) is 4.79 Å². The number of hydrogen-bond donors (Lipinski definition) is 0. The van der Waals surface area contributed by atoms with E-state index >= 15 is 0 Å². The Kier molecular flexibility index (Phi) is 5.13. The van der Waals surface area contributed by atoms with Crippen LogP contribution in [0.3, 0.4) is 0 Å². The van der Waals surface area contributed by atoms with Gasteiger partial charge in [-0.2, -0.15) is 0 Å². The molecule has 3 aliphatic rings. The van der Waals surface area contributed by atoms with Gasteiger partial charge in [-0.05, 0) is 58.8 Å². The molecule has 0 aromatic heterocycles. The molecule has 0 saturated carbocycles. The number of carbonyl (C=O) groups excluding carboxylic acids is 2. The molecular formula is C19H32N2O4. The van der Waals surface area contributed by atoms with Crippen LogP contribution in [0.4, 0.5) is 4.79 Å². The SMILES string of the molecule is CCOCC(C=O)N1CC2(CC3CCC(C2)N3C(=O)OC(C)(C)C)C1. The minimum atomic E-state index is -0.449. The van der Waals surface area contributed by atoms with Crippen molar-refractivity contribution in [3.8, 4) is 0 Å². The van der Waals surface area contributed by atoms with E-state index in [0.717, 1.165) is 45.1 Å².